The van der Waals surface area contributed by atoms with Crippen molar-refractivity contribution in [2.75, 3.05) is 0 Å². The van der Waals surface area contributed by atoms with Crippen LogP contribution >= 0.6 is 0 Å². The second kappa shape index (κ2) is 4.19. The summed E-state index contributed by atoms with van der Waals surface area (Å²) in [6.07, 6.45) is 1.96. The lowest BCUT2D eigenvalue weighted by molar-refractivity contribution is 0.256. The number of amides is 4. The van der Waals surface area contributed by atoms with Crippen molar-refractivity contribution >= 4 is 24.5 Å². The maximum atomic E-state index is 9.89. The van der Waals surface area contributed by atoms with Crippen molar-refractivity contribution < 1.29 is 9.59 Å². The lowest BCUT2D eigenvalue weighted by Crippen LogP contribution is -2.06. The third kappa shape index (κ3) is 6.28. The molecular weight excluding hydrogens is 136 g/mol. The van der Waals surface area contributed by atoms with Crippen LogP contribution in [0, 0.1) is 0 Å². The first-order valence-electron chi connectivity index (χ1n) is 2.28. The molecule has 0 bridgehead atoms. The van der Waals surface area contributed by atoms with Crippen LogP contribution in [0.1, 0.15) is 0 Å². The van der Waals surface area contributed by atoms with E-state index in [0.29, 0.717) is 0 Å². The minimum Gasteiger partial charge on any atom is -0.350 e. The normalized spacial score (nSPS) is 10.8. The Labute approximate surface area is 56.6 Å². The van der Waals surface area contributed by atoms with Crippen molar-refractivity contribution in [3.63, 3.8) is 0 Å². The number of carbonyl (C=O) groups is 2. The van der Waals surface area contributed by atoms with Crippen molar-refractivity contribution in [2.24, 2.45) is 21.5 Å². The topological polar surface area (TPSA) is 111 Å². The Morgan fingerprint density at radius 3 is 1.50 bits per heavy atom. The summed E-state index contributed by atoms with van der Waals surface area (Å²) in [5.74, 6) is 0. The van der Waals surface area contributed by atoms with Gasteiger partial charge >= 0.3 is 12.1 Å². The maximum absolute atomic E-state index is 9.89. The molecule has 6 nitrogen and oxygen atoms in total. The first-order chi connectivity index (χ1) is 4.63. The van der Waals surface area contributed by atoms with Crippen LogP contribution in [0.5, 0.6) is 0 Å². The Morgan fingerprint density at radius 1 is 1.00 bits per heavy atom. The molecule has 0 fully saturated rings. The standard InChI is InChI=1S/C4H6N4O2/c5-3(9)7-1-2-8-4(6)10/h1-2H,(H2,5,9)(H2,6,10)/b7-1+,8-2+. The first kappa shape index (κ1) is 8.28. The zero-order valence-corrected chi connectivity index (χ0v) is 5.02. The SMILES string of the molecule is NC(=O)/N=C/C=N/C(N)=O. The molecule has 0 atom stereocenters. The molecule has 0 aliphatic rings. The fraction of sp³-hybridized carbons (Fsp3) is 0. The van der Waals surface area contributed by atoms with E-state index in [4.69, 9.17) is 0 Å². The summed E-state index contributed by atoms with van der Waals surface area (Å²) < 4.78 is 0. The van der Waals surface area contributed by atoms with Gasteiger partial charge in [-0.05, 0) is 0 Å². The van der Waals surface area contributed by atoms with Gasteiger partial charge < -0.3 is 11.5 Å². The first-order valence-corrected chi connectivity index (χ1v) is 2.28. The van der Waals surface area contributed by atoms with Gasteiger partial charge in [0.25, 0.3) is 0 Å². The van der Waals surface area contributed by atoms with Gasteiger partial charge in [0.1, 0.15) is 0 Å². The Morgan fingerprint density at radius 2 is 1.30 bits per heavy atom. The Kier molecular flexibility index (Phi) is 3.47. The highest BCUT2D eigenvalue weighted by Crippen LogP contribution is 1.64. The Bertz CT molecular complexity index is 173. The van der Waals surface area contributed by atoms with Crippen LogP contribution in [0.4, 0.5) is 9.59 Å². The fourth-order valence-electron chi connectivity index (χ4n) is 0.214. The van der Waals surface area contributed by atoms with E-state index in [9.17, 15) is 9.59 Å². The van der Waals surface area contributed by atoms with Crippen molar-refractivity contribution in [3.8, 4) is 0 Å². The number of hydrogen-bond acceptors (Lipinski definition) is 2. The number of hydrogen-bond donors (Lipinski definition) is 2. The van der Waals surface area contributed by atoms with Crippen LogP contribution in [0.3, 0.4) is 0 Å². The minimum atomic E-state index is -0.851. The average Bonchev–Trinajstić information content (AvgIpc) is 1.79. The van der Waals surface area contributed by atoms with Gasteiger partial charge in [0, 0.05) is 0 Å². The largest absolute Gasteiger partial charge is 0.350 e. The van der Waals surface area contributed by atoms with Crippen molar-refractivity contribution in [2.45, 2.75) is 0 Å². The zero-order valence-electron chi connectivity index (χ0n) is 5.02. The highest BCUT2D eigenvalue weighted by Gasteiger charge is 1.80. The van der Waals surface area contributed by atoms with Gasteiger partial charge in [-0.25, -0.2) is 19.6 Å². The summed E-state index contributed by atoms with van der Waals surface area (Å²) in [7, 11) is 0. The van der Waals surface area contributed by atoms with Gasteiger partial charge in [0.05, 0.1) is 12.4 Å². The maximum Gasteiger partial charge on any atom is 0.338 e. The van der Waals surface area contributed by atoms with Crippen LogP contribution in [0.15, 0.2) is 9.98 Å². The van der Waals surface area contributed by atoms with Crippen molar-refractivity contribution in [3.05, 3.63) is 0 Å². The molecule has 0 aromatic rings. The molecule has 0 spiro atoms. The quantitative estimate of drug-likeness (QED) is 0.471. The monoisotopic (exact) mass is 142 g/mol. The number of urea groups is 2. The Balaban J connectivity index is 3.73. The van der Waals surface area contributed by atoms with E-state index in [-0.39, 0.29) is 0 Å². The smallest absolute Gasteiger partial charge is 0.338 e. The van der Waals surface area contributed by atoms with Crippen LogP contribution in [-0.2, 0) is 0 Å². The summed E-state index contributed by atoms with van der Waals surface area (Å²) in [5.41, 5.74) is 9.19. The number of nitrogens with zero attached hydrogens (tertiary/aromatic N) is 2. The lowest BCUT2D eigenvalue weighted by Gasteiger charge is -1.76. The summed E-state index contributed by atoms with van der Waals surface area (Å²) in [6.45, 7) is 0. The van der Waals surface area contributed by atoms with E-state index in [1.54, 1.807) is 0 Å². The summed E-state index contributed by atoms with van der Waals surface area (Å²) in [6, 6.07) is -1.70. The molecule has 10 heavy (non-hydrogen) atoms. The molecule has 0 unspecified atom stereocenters. The van der Waals surface area contributed by atoms with E-state index >= 15 is 0 Å². The number of nitrogens with two attached hydrogens (primary N) is 2. The summed E-state index contributed by atoms with van der Waals surface area (Å²) in [5, 5.41) is 0. The van der Waals surface area contributed by atoms with E-state index in [0.717, 1.165) is 12.4 Å². The molecule has 6 heteroatoms. The Hall–Kier alpha value is -1.72. The highest BCUT2D eigenvalue weighted by atomic mass is 16.2. The lowest BCUT2D eigenvalue weighted by atomic mass is 10.8. The summed E-state index contributed by atoms with van der Waals surface area (Å²) in [4.78, 5) is 25.9. The molecular formula is C4H6N4O2. The minimum absolute atomic E-state index is 0.851. The molecule has 4 amide bonds. The predicted octanol–water partition coefficient (Wildman–Crippen LogP) is -0.715. The average molecular weight is 142 g/mol. The molecule has 0 heterocycles. The molecule has 54 valence electrons. The van der Waals surface area contributed by atoms with E-state index in [1.165, 1.54) is 0 Å². The van der Waals surface area contributed by atoms with E-state index in [2.05, 4.69) is 21.5 Å². The molecule has 0 aliphatic heterocycles. The second-order valence-corrected chi connectivity index (χ2v) is 1.23. The third-order valence-corrected chi connectivity index (χ3v) is 0.470. The van der Waals surface area contributed by atoms with Gasteiger partial charge in [0.15, 0.2) is 0 Å². The van der Waals surface area contributed by atoms with Crippen LogP contribution in [0.2, 0.25) is 0 Å². The highest BCUT2D eigenvalue weighted by molar-refractivity contribution is 6.20. The molecule has 0 radical (unpaired) electrons. The molecule has 0 saturated carbocycles. The third-order valence-electron chi connectivity index (χ3n) is 0.470. The van der Waals surface area contributed by atoms with Crippen LogP contribution in [0.25, 0.3) is 0 Å². The van der Waals surface area contributed by atoms with Gasteiger partial charge in [-0.3, -0.25) is 0 Å². The number of carbonyl (C=O) groups excluding carboxylic acids is 2. The van der Waals surface area contributed by atoms with Gasteiger partial charge in [-0.15, -0.1) is 0 Å². The fourth-order valence-corrected chi connectivity index (χ4v) is 0.214. The van der Waals surface area contributed by atoms with Crippen molar-refractivity contribution in [1.82, 2.24) is 0 Å². The van der Waals surface area contributed by atoms with Crippen molar-refractivity contribution in [1.29, 1.82) is 0 Å². The van der Waals surface area contributed by atoms with Gasteiger partial charge in [-0.2, -0.15) is 0 Å². The molecule has 0 aliphatic carbocycles. The summed E-state index contributed by atoms with van der Waals surface area (Å²) >= 11 is 0. The molecule has 4 N–H and O–H groups in total. The number of aliphatic imine (C=N–C) groups is 2. The van der Waals surface area contributed by atoms with Crippen LogP contribution in [-0.4, -0.2) is 24.5 Å². The van der Waals surface area contributed by atoms with Gasteiger partial charge in [-0.1, -0.05) is 0 Å². The van der Waals surface area contributed by atoms with Gasteiger partial charge in [0.2, 0.25) is 0 Å². The molecule has 0 aromatic heterocycles. The second-order valence-electron chi connectivity index (χ2n) is 1.23. The molecule has 0 aromatic carbocycles. The van der Waals surface area contributed by atoms with E-state index in [1.807, 2.05) is 0 Å². The predicted molar refractivity (Wildman–Crippen MR) is 36.2 cm³/mol. The molecule has 0 rings (SSSR count). The zero-order chi connectivity index (χ0) is 7.98. The van der Waals surface area contributed by atoms with E-state index < -0.39 is 12.1 Å². The number of primary amides is 2. The van der Waals surface area contributed by atoms with Crippen LogP contribution < -0.4 is 11.5 Å². The number of rotatable bonds is 1. The molecule has 0 saturated heterocycles.